The van der Waals surface area contributed by atoms with Gasteiger partial charge in [0.15, 0.2) is 0 Å². The normalized spacial score (nSPS) is 24.0. The average Bonchev–Trinajstić information content (AvgIpc) is 3.48. The van der Waals surface area contributed by atoms with Gasteiger partial charge in [-0.1, -0.05) is 12.1 Å². The number of hydrogen-bond acceptors (Lipinski definition) is 6. The van der Waals surface area contributed by atoms with Crippen molar-refractivity contribution in [2.75, 3.05) is 36.9 Å². The molecule has 0 saturated carbocycles. The fraction of sp³-hybridized carbons (Fsp3) is 0.355. The second-order valence-corrected chi connectivity index (χ2v) is 11.5. The second kappa shape index (κ2) is 9.95. The number of nitrogens with one attached hydrogen (secondary N) is 3. The van der Waals surface area contributed by atoms with E-state index in [9.17, 15) is 23.2 Å². The number of fused-ring (bicyclic) bond motifs is 3. The molecule has 3 N–H and O–H groups in total. The lowest BCUT2D eigenvalue weighted by Crippen LogP contribution is -2.67. The molecule has 2 fully saturated rings. The summed E-state index contributed by atoms with van der Waals surface area (Å²) in [6.45, 7) is 0.732. The van der Waals surface area contributed by atoms with Crippen LogP contribution < -0.4 is 16.0 Å². The van der Waals surface area contributed by atoms with Crippen LogP contribution >= 0.6 is 0 Å². The van der Waals surface area contributed by atoms with Gasteiger partial charge in [-0.15, -0.1) is 0 Å². The molecule has 0 bridgehead atoms. The number of hydrogen-bond donors (Lipinski definition) is 3. The van der Waals surface area contributed by atoms with Gasteiger partial charge in [0.1, 0.15) is 29.5 Å². The van der Waals surface area contributed by atoms with E-state index in [0.29, 0.717) is 50.4 Å². The summed E-state index contributed by atoms with van der Waals surface area (Å²) < 4.78 is 33.7. The van der Waals surface area contributed by atoms with Crippen LogP contribution in [-0.4, -0.2) is 59.4 Å². The van der Waals surface area contributed by atoms with Crippen molar-refractivity contribution >= 4 is 29.2 Å². The van der Waals surface area contributed by atoms with Crippen LogP contribution in [0.15, 0.2) is 54.7 Å². The van der Waals surface area contributed by atoms with Crippen LogP contribution in [0.2, 0.25) is 0 Å². The van der Waals surface area contributed by atoms with Crippen molar-refractivity contribution in [3.63, 3.8) is 0 Å². The Bertz CT molecular complexity index is 1600. The van der Waals surface area contributed by atoms with E-state index >= 15 is 0 Å². The summed E-state index contributed by atoms with van der Waals surface area (Å²) in [6.07, 6.45) is 3.54. The molecule has 2 atom stereocenters. The fourth-order valence-corrected chi connectivity index (χ4v) is 6.95. The number of aromatic nitrogens is 1. The molecule has 2 spiro atoms. The van der Waals surface area contributed by atoms with E-state index in [4.69, 9.17) is 4.74 Å². The molecule has 4 aliphatic rings. The number of amides is 3. The Labute approximate surface area is 240 Å². The number of carbonyl (C=O) groups excluding carboxylic acids is 3. The van der Waals surface area contributed by atoms with Crippen LogP contribution in [0, 0.1) is 11.6 Å². The highest BCUT2D eigenvalue weighted by Gasteiger charge is 2.51. The predicted molar refractivity (Wildman–Crippen MR) is 149 cm³/mol. The smallest absolute Gasteiger partial charge is 0.244 e. The molecule has 1 aliphatic carbocycles. The molecule has 0 unspecified atom stereocenters. The lowest BCUT2D eigenvalue weighted by atomic mass is 9.79. The predicted octanol–water partition coefficient (Wildman–Crippen LogP) is 3.01. The number of nitrogens with zero attached hydrogens (tertiary/aromatic N) is 2. The Kier molecular flexibility index (Phi) is 6.32. The summed E-state index contributed by atoms with van der Waals surface area (Å²) in [5.41, 5.74) is 2.03. The number of halogens is 2. The summed E-state index contributed by atoms with van der Waals surface area (Å²) in [5, 5.41) is 9.09. The zero-order valence-corrected chi connectivity index (χ0v) is 22.7. The van der Waals surface area contributed by atoms with Crippen molar-refractivity contribution in [1.82, 2.24) is 15.2 Å². The SMILES string of the molecule is O=C(CN1C(=O)C2(CCOCC2)NC[C@H]1c1cc(F)cc(F)c1)Nc1ccc2c(c1)C[C@@]1(C2)C(=O)Nc2ncccc21. The molecular formula is C31H29F2N5O4. The maximum Gasteiger partial charge on any atom is 0.244 e. The molecule has 2 aromatic carbocycles. The molecule has 0 radical (unpaired) electrons. The summed E-state index contributed by atoms with van der Waals surface area (Å²) in [4.78, 5) is 46.0. The Balaban J connectivity index is 1.12. The van der Waals surface area contributed by atoms with Crippen LogP contribution in [0.25, 0.3) is 0 Å². The minimum absolute atomic E-state index is 0.0860. The standard InChI is InChI=1S/C31H29F2N5O4/c32-21-10-19(11-22(33)13-21)25-16-35-31(5-8-42-9-6-31)29(41)38(25)17-26(39)36-23-4-3-18-14-30(15-20(18)12-23)24-2-1-7-34-27(24)37-28(30)40/h1-4,7,10-13,25,35H,5-6,8-9,14-17H2,(H,36,39)(H,34,37,40)/t25-,30+/m0/s1. The van der Waals surface area contributed by atoms with Gasteiger partial charge in [-0.25, -0.2) is 13.8 Å². The van der Waals surface area contributed by atoms with Crippen LogP contribution in [0.4, 0.5) is 20.3 Å². The van der Waals surface area contributed by atoms with Crippen molar-refractivity contribution in [2.45, 2.75) is 42.7 Å². The van der Waals surface area contributed by atoms with Gasteiger partial charge in [0.25, 0.3) is 0 Å². The van der Waals surface area contributed by atoms with E-state index in [-0.39, 0.29) is 30.5 Å². The molecule has 9 nitrogen and oxygen atoms in total. The first-order valence-electron chi connectivity index (χ1n) is 14.0. The minimum atomic E-state index is -0.893. The quantitative estimate of drug-likeness (QED) is 0.443. The van der Waals surface area contributed by atoms with Gasteiger partial charge in [-0.05, 0) is 72.7 Å². The zero-order chi connectivity index (χ0) is 29.1. The first-order valence-corrected chi connectivity index (χ1v) is 14.0. The highest BCUT2D eigenvalue weighted by atomic mass is 19.1. The Hall–Kier alpha value is -4.22. The van der Waals surface area contributed by atoms with Gasteiger partial charge in [-0.2, -0.15) is 0 Å². The van der Waals surface area contributed by atoms with E-state index in [2.05, 4.69) is 20.9 Å². The number of benzene rings is 2. The molecule has 42 heavy (non-hydrogen) atoms. The van der Waals surface area contributed by atoms with Crippen LogP contribution in [-0.2, 0) is 37.4 Å². The second-order valence-electron chi connectivity index (χ2n) is 11.5. The van der Waals surface area contributed by atoms with Crippen molar-refractivity contribution in [2.24, 2.45) is 0 Å². The van der Waals surface area contributed by atoms with Crippen LogP contribution in [0.1, 0.15) is 41.1 Å². The zero-order valence-electron chi connectivity index (χ0n) is 22.7. The highest BCUT2D eigenvalue weighted by Crippen LogP contribution is 2.47. The van der Waals surface area contributed by atoms with Crippen molar-refractivity contribution in [1.29, 1.82) is 0 Å². The third kappa shape index (κ3) is 4.35. The maximum absolute atomic E-state index is 14.1. The number of anilines is 2. The lowest BCUT2D eigenvalue weighted by Gasteiger charge is -2.48. The van der Waals surface area contributed by atoms with Gasteiger partial charge in [0.05, 0.1) is 11.5 Å². The average molecular weight is 574 g/mol. The molecule has 2 saturated heterocycles. The summed E-state index contributed by atoms with van der Waals surface area (Å²) >= 11 is 0. The van der Waals surface area contributed by atoms with Crippen LogP contribution in [0.5, 0.6) is 0 Å². The fourth-order valence-electron chi connectivity index (χ4n) is 6.95. The lowest BCUT2D eigenvalue weighted by molar-refractivity contribution is -0.152. The van der Waals surface area contributed by atoms with E-state index in [0.717, 1.165) is 22.8 Å². The number of carbonyl (C=O) groups is 3. The van der Waals surface area contributed by atoms with Gasteiger partial charge >= 0.3 is 0 Å². The molecule has 1 aromatic heterocycles. The van der Waals surface area contributed by atoms with E-state index in [1.54, 1.807) is 12.3 Å². The largest absolute Gasteiger partial charge is 0.381 e. The summed E-state index contributed by atoms with van der Waals surface area (Å²) in [5.74, 6) is -1.74. The molecular weight excluding hydrogens is 544 g/mol. The summed E-state index contributed by atoms with van der Waals surface area (Å²) in [6, 6.07) is 11.7. The van der Waals surface area contributed by atoms with Crippen LogP contribution in [0.3, 0.4) is 0 Å². The minimum Gasteiger partial charge on any atom is -0.381 e. The number of rotatable bonds is 4. The molecule has 3 aromatic rings. The Morgan fingerprint density at radius 3 is 2.60 bits per heavy atom. The monoisotopic (exact) mass is 573 g/mol. The van der Waals surface area contributed by atoms with E-state index < -0.39 is 34.5 Å². The first kappa shape index (κ1) is 26.7. The highest BCUT2D eigenvalue weighted by molar-refractivity contribution is 6.06. The van der Waals surface area contributed by atoms with E-state index in [1.165, 1.54) is 17.0 Å². The number of ether oxygens (including phenoxy) is 1. The van der Waals surface area contributed by atoms with E-state index in [1.807, 2.05) is 24.3 Å². The van der Waals surface area contributed by atoms with Crippen molar-refractivity contribution in [3.05, 3.63) is 88.6 Å². The van der Waals surface area contributed by atoms with Crippen molar-refractivity contribution in [3.8, 4) is 0 Å². The molecule has 11 heteroatoms. The van der Waals surface area contributed by atoms with Crippen molar-refractivity contribution < 1.29 is 27.9 Å². The molecule has 7 rings (SSSR count). The third-order valence-corrected chi connectivity index (χ3v) is 9.07. The maximum atomic E-state index is 14.1. The molecule has 216 valence electrons. The Morgan fingerprint density at radius 2 is 1.81 bits per heavy atom. The number of pyridine rings is 1. The first-order chi connectivity index (χ1) is 20.3. The Morgan fingerprint density at radius 1 is 1.05 bits per heavy atom. The summed E-state index contributed by atoms with van der Waals surface area (Å²) in [7, 11) is 0. The number of piperazine rings is 1. The third-order valence-electron chi connectivity index (χ3n) is 9.07. The topological polar surface area (TPSA) is 113 Å². The van der Waals surface area contributed by atoms with Gasteiger partial charge in [0, 0.05) is 43.3 Å². The molecule has 3 amide bonds. The molecule has 4 heterocycles. The van der Waals surface area contributed by atoms with Gasteiger partial charge in [0.2, 0.25) is 17.7 Å². The molecule has 3 aliphatic heterocycles. The van der Waals surface area contributed by atoms with Gasteiger partial charge < -0.3 is 25.6 Å². The van der Waals surface area contributed by atoms with Gasteiger partial charge in [-0.3, -0.25) is 14.4 Å².